The Kier molecular flexibility index (Phi) is 5.08. The second-order valence-corrected chi connectivity index (χ2v) is 8.78. The molecule has 6 nitrogen and oxygen atoms in total. The maximum Gasteiger partial charge on any atom is 0.253 e. The number of benzene rings is 1. The molecule has 2 fully saturated rings. The molecule has 1 aromatic rings. The van der Waals surface area contributed by atoms with Gasteiger partial charge in [0.25, 0.3) is 5.91 Å². The average molecular weight is 368 g/mol. The van der Waals surface area contributed by atoms with Crippen LogP contribution in [-0.4, -0.2) is 67.2 Å². The molecule has 136 valence electrons. The molecule has 0 aromatic heterocycles. The van der Waals surface area contributed by atoms with Crippen LogP contribution < -0.4 is 0 Å². The van der Waals surface area contributed by atoms with Crippen molar-refractivity contribution in [3.63, 3.8) is 0 Å². The Balaban J connectivity index is 1.65. The molecule has 25 heavy (non-hydrogen) atoms. The summed E-state index contributed by atoms with van der Waals surface area (Å²) < 4.78 is 36.9. The Morgan fingerprint density at radius 2 is 1.60 bits per heavy atom. The Morgan fingerprint density at radius 3 is 2.24 bits per heavy atom. The smallest absolute Gasteiger partial charge is 0.253 e. The van der Waals surface area contributed by atoms with E-state index >= 15 is 0 Å². The van der Waals surface area contributed by atoms with E-state index in [1.165, 1.54) is 24.3 Å². The van der Waals surface area contributed by atoms with Crippen molar-refractivity contribution < 1.29 is 22.4 Å². The highest BCUT2D eigenvalue weighted by molar-refractivity contribution is 7.93. The van der Waals surface area contributed by atoms with Crippen LogP contribution in [0.3, 0.4) is 0 Å². The van der Waals surface area contributed by atoms with Gasteiger partial charge in [-0.1, -0.05) is 0 Å². The van der Waals surface area contributed by atoms with Crippen molar-refractivity contribution in [1.29, 1.82) is 0 Å². The van der Waals surface area contributed by atoms with Gasteiger partial charge in [-0.15, -0.1) is 0 Å². The minimum atomic E-state index is -3.33. The molecule has 0 radical (unpaired) electrons. The van der Waals surface area contributed by atoms with Gasteiger partial charge in [0.2, 0.25) is 5.91 Å². The minimum absolute atomic E-state index is 0.0758. The van der Waals surface area contributed by atoms with E-state index in [0.717, 1.165) is 0 Å². The second-order valence-electron chi connectivity index (χ2n) is 6.48. The van der Waals surface area contributed by atoms with Crippen LogP contribution in [0, 0.1) is 5.82 Å². The lowest BCUT2D eigenvalue weighted by molar-refractivity contribution is -0.130. The average Bonchev–Trinajstić information content (AvgIpc) is 2.80. The first-order valence-electron chi connectivity index (χ1n) is 8.44. The van der Waals surface area contributed by atoms with E-state index in [4.69, 9.17) is 0 Å². The summed E-state index contributed by atoms with van der Waals surface area (Å²) in [5.74, 6) is -0.870. The van der Waals surface area contributed by atoms with Crippen LogP contribution in [-0.2, 0) is 14.6 Å². The highest BCUT2D eigenvalue weighted by Crippen LogP contribution is 2.23. The first-order valence-corrected chi connectivity index (χ1v) is 10.2. The van der Waals surface area contributed by atoms with Gasteiger partial charge in [-0.3, -0.25) is 9.59 Å². The fraction of sp³-hybridized carbons (Fsp3) is 0.529. The number of sulfone groups is 1. The molecule has 0 saturated carbocycles. The van der Waals surface area contributed by atoms with Crippen molar-refractivity contribution in [3.05, 3.63) is 35.6 Å². The Bertz CT molecular complexity index is 763. The monoisotopic (exact) mass is 368 g/mol. The number of carbonyl (C=O) groups excluding carboxylic acids is 2. The SMILES string of the molecule is O=C(c1ccc(F)cc1)N1CCCN(C(=O)C2CCCS2(=O)=O)CC1. The molecule has 0 N–H and O–H groups in total. The van der Waals surface area contributed by atoms with Crippen molar-refractivity contribution >= 4 is 21.7 Å². The molecule has 8 heteroatoms. The molecule has 2 heterocycles. The van der Waals surface area contributed by atoms with Gasteiger partial charge in [0.05, 0.1) is 5.75 Å². The Labute approximate surface area is 146 Å². The molecule has 1 atom stereocenters. The summed E-state index contributed by atoms with van der Waals surface area (Å²) in [5.41, 5.74) is 0.402. The van der Waals surface area contributed by atoms with Crippen LogP contribution in [0.2, 0.25) is 0 Å². The van der Waals surface area contributed by atoms with Gasteiger partial charge >= 0.3 is 0 Å². The standard InChI is InChI=1S/C17H21FN2O4S/c18-14-6-4-13(5-7-14)16(21)19-8-2-9-20(11-10-19)17(22)15-3-1-12-25(15,23)24/h4-7,15H,1-3,8-12H2. The lowest BCUT2D eigenvalue weighted by Crippen LogP contribution is -2.43. The molecule has 3 rings (SSSR count). The van der Waals surface area contributed by atoms with Crippen LogP contribution in [0.25, 0.3) is 0 Å². The number of rotatable bonds is 2. The summed E-state index contributed by atoms with van der Waals surface area (Å²) >= 11 is 0. The fourth-order valence-corrected chi connectivity index (χ4v) is 5.22. The van der Waals surface area contributed by atoms with Crippen molar-refractivity contribution in [2.75, 3.05) is 31.9 Å². The zero-order chi connectivity index (χ0) is 18.0. The number of amides is 2. The predicted octanol–water partition coefficient (Wildman–Crippen LogP) is 1.08. The van der Waals surface area contributed by atoms with Gasteiger partial charge < -0.3 is 9.80 Å². The maximum absolute atomic E-state index is 13.0. The van der Waals surface area contributed by atoms with E-state index < -0.39 is 20.9 Å². The van der Waals surface area contributed by atoms with E-state index in [1.807, 2.05) is 0 Å². The topological polar surface area (TPSA) is 74.8 Å². The zero-order valence-corrected chi connectivity index (χ0v) is 14.7. The normalized spacial score (nSPS) is 23.3. The summed E-state index contributed by atoms with van der Waals surface area (Å²) in [4.78, 5) is 28.2. The predicted molar refractivity (Wildman–Crippen MR) is 90.3 cm³/mol. The highest BCUT2D eigenvalue weighted by atomic mass is 32.2. The third kappa shape index (κ3) is 3.84. The molecule has 1 aromatic carbocycles. The van der Waals surface area contributed by atoms with E-state index in [2.05, 4.69) is 0 Å². The third-order valence-corrected chi connectivity index (χ3v) is 6.95. The molecule has 0 aliphatic carbocycles. The van der Waals surface area contributed by atoms with Crippen molar-refractivity contribution in [2.24, 2.45) is 0 Å². The van der Waals surface area contributed by atoms with Crippen molar-refractivity contribution in [1.82, 2.24) is 9.80 Å². The van der Waals surface area contributed by atoms with Gasteiger partial charge in [-0.25, -0.2) is 12.8 Å². The molecular weight excluding hydrogens is 347 g/mol. The molecule has 2 amide bonds. The fourth-order valence-electron chi connectivity index (χ4n) is 3.39. The lowest BCUT2D eigenvalue weighted by atomic mass is 10.2. The van der Waals surface area contributed by atoms with Crippen LogP contribution in [0.1, 0.15) is 29.6 Å². The summed E-state index contributed by atoms with van der Waals surface area (Å²) in [5, 5.41) is -0.924. The minimum Gasteiger partial charge on any atom is -0.340 e. The second kappa shape index (κ2) is 7.11. The summed E-state index contributed by atoms with van der Waals surface area (Å²) in [6.45, 7) is 1.59. The van der Waals surface area contributed by atoms with Crippen LogP contribution in [0.5, 0.6) is 0 Å². The number of hydrogen-bond donors (Lipinski definition) is 0. The summed E-state index contributed by atoms with van der Waals surface area (Å²) in [7, 11) is -3.33. The van der Waals surface area contributed by atoms with Gasteiger partial charge in [0.15, 0.2) is 9.84 Å². The van der Waals surface area contributed by atoms with E-state index in [1.54, 1.807) is 9.80 Å². The van der Waals surface area contributed by atoms with Gasteiger partial charge in [0, 0.05) is 31.7 Å². The quantitative estimate of drug-likeness (QED) is 0.783. The van der Waals surface area contributed by atoms with Crippen LogP contribution in [0.4, 0.5) is 4.39 Å². The van der Waals surface area contributed by atoms with Crippen molar-refractivity contribution in [3.8, 4) is 0 Å². The zero-order valence-electron chi connectivity index (χ0n) is 13.9. The molecule has 2 aliphatic rings. The number of carbonyl (C=O) groups is 2. The Morgan fingerprint density at radius 1 is 0.960 bits per heavy atom. The summed E-state index contributed by atoms with van der Waals surface area (Å²) in [6.07, 6.45) is 1.50. The lowest BCUT2D eigenvalue weighted by Gasteiger charge is -2.24. The van der Waals surface area contributed by atoms with Crippen LogP contribution in [0.15, 0.2) is 24.3 Å². The van der Waals surface area contributed by atoms with E-state index in [-0.39, 0.29) is 17.6 Å². The van der Waals surface area contributed by atoms with Crippen LogP contribution >= 0.6 is 0 Å². The maximum atomic E-state index is 13.0. The Hall–Kier alpha value is -1.96. The van der Waals surface area contributed by atoms with E-state index in [9.17, 15) is 22.4 Å². The summed E-state index contributed by atoms with van der Waals surface area (Å²) in [6, 6.07) is 5.37. The van der Waals surface area contributed by atoms with Gasteiger partial charge in [0.1, 0.15) is 11.1 Å². The molecule has 0 bridgehead atoms. The molecular formula is C17H21FN2O4S. The molecule has 0 spiro atoms. The van der Waals surface area contributed by atoms with Gasteiger partial charge in [-0.2, -0.15) is 0 Å². The van der Waals surface area contributed by atoms with E-state index in [0.29, 0.717) is 51.0 Å². The first kappa shape index (κ1) is 17.8. The largest absolute Gasteiger partial charge is 0.340 e. The number of halogens is 1. The third-order valence-electron chi connectivity index (χ3n) is 4.79. The first-order chi connectivity index (χ1) is 11.9. The van der Waals surface area contributed by atoms with Gasteiger partial charge in [-0.05, 0) is 43.5 Å². The molecule has 2 aliphatic heterocycles. The number of hydrogen-bond acceptors (Lipinski definition) is 4. The van der Waals surface area contributed by atoms with Crippen molar-refractivity contribution in [2.45, 2.75) is 24.5 Å². The molecule has 2 saturated heterocycles. The molecule has 1 unspecified atom stereocenters. The highest BCUT2D eigenvalue weighted by Gasteiger charge is 2.39. The number of nitrogens with zero attached hydrogens (tertiary/aromatic N) is 2.